The van der Waals surface area contributed by atoms with Crippen LogP contribution in [0.15, 0.2) is 0 Å². The first kappa shape index (κ1) is 21.7. The number of carbonyl (C=O) groups excluding carboxylic acids is 2. The third-order valence-corrected chi connectivity index (χ3v) is 5.75. The van der Waals surface area contributed by atoms with Crippen LogP contribution in [0.4, 0.5) is 4.79 Å². The van der Waals surface area contributed by atoms with E-state index in [4.69, 9.17) is 4.84 Å². The van der Waals surface area contributed by atoms with Crippen LogP contribution in [0.5, 0.6) is 0 Å². The molecule has 0 spiro atoms. The lowest BCUT2D eigenvalue weighted by atomic mass is 9.87. The molecule has 1 aromatic heterocycles. The fraction of sp³-hybridized carbons (Fsp3) is 0.750. The van der Waals surface area contributed by atoms with Crippen molar-refractivity contribution in [2.24, 2.45) is 5.92 Å². The van der Waals surface area contributed by atoms with Crippen LogP contribution in [0.1, 0.15) is 54.4 Å². The van der Waals surface area contributed by atoms with Crippen LogP contribution < -0.4 is 5.32 Å². The molecule has 9 nitrogen and oxygen atoms in total. The minimum atomic E-state index is -0.502. The molecule has 1 fully saturated rings. The van der Waals surface area contributed by atoms with Gasteiger partial charge in [-0.2, -0.15) is 10.2 Å². The zero-order valence-electron chi connectivity index (χ0n) is 17.6. The smallest absolute Gasteiger partial charge is 0.317 e. The highest BCUT2D eigenvalue weighted by Crippen LogP contribution is 2.25. The molecule has 1 aromatic rings. The highest BCUT2D eigenvalue weighted by atomic mass is 16.7. The predicted molar refractivity (Wildman–Crippen MR) is 107 cm³/mol. The highest BCUT2D eigenvalue weighted by molar-refractivity contribution is 5.78. The fourth-order valence-electron chi connectivity index (χ4n) is 4.34. The van der Waals surface area contributed by atoms with Crippen molar-refractivity contribution in [1.29, 1.82) is 0 Å². The van der Waals surface area contributed by atoms with Crippen LogP contribution in [0, 0.1) is 5.92 Å². The monoisotopic (exact) mass is 407 g/mol. The average Bonchev–Trinajstić information content (AvgIpc) is 3.03. The van der Waals surface area contributed by atoms with Crippen molar-refractivity contribution in [3.05, 3.63) is 17.0 Å². The van der Waals surface area contributed by atoms with E-state index in [1.807, 2.05) is 0 Å². The molecule has 162 valence electrons. The molecule has 0 radical (unpaired) electrons. The van der Waals surface area contributed by atoms with Crippen LogP contribution in [0.3, 0.4) is 0 Å². The highest BCUT2D eigenvalue weighted by Gasteiger charge is 2.29. The first-order valence-electron chi connectivity index (χ1n) is 10.4. The van der Waals surface area contributed by atoms with E-state index in [9.17, 15) is 14.7 Å². The summed E-state index contributed by atoms with van der Waals surface area (Å²) in [5, 5.41) is 18.8. The summed E-state index contributed by atoms with van der Waals surface area (Å²) < 4.78 is 1.59. The molecule has 1 aliphatic carbocycles. The van der Waals surface area contributed by atoms with E-state index < -0.39 is 6.10 Å². The number of aldehydes is 1. The predicted octanol–water partition coefficient (Wildman–Crippen LogP) is 1.20. The summed E-state index contributed by atoms with van der Waals surface area (Å²) >= 11 is 0. The Hall–Kier alpha value is -1.97. The molecule has 0 aromatic carbocycles. The summed E-state index contributed by atoms with van der Waals surface area (Å²) in [7, 11) is 3.47. The molecule has 0 saturated heterocycles. The van der Waals surface area contributed by atoms with Gasteiger partial charge in [0.25, 0.3) is 0 Å². The van der Waals surface area contributed by atoms with Gasteiger partial charge in [0.05, 0.1) is 25.4 Å². The number of carbonyl (C=O) groups is 2. The van der Waals surface area contributed by atoms with Gasteiger partial charge in [-0.25, -0.2) is 4.79 Å². The van der Waals surface area contributed by atoms with Crippen LogP contribution >= 0.6 is 0 Å². The second-order valence-corrected chi connectivity index (χ2v) is 8.42. The molecule has 0 bridgehead atoms. The molecule has 2 heterocycles. The number of hydrogen-bond donors (Lipinski definition) is 2. The van der Waals surface area contributed by atoms with Gasteiger partial charge in [0.15, 0.2) is 6.29 Å². The molecule has 3 atom stereocenters. The van der Waals surface area contributed by atoms with E-state index in [1.165, 1.54) is 11.5 Å². The Morgan fingerprint density at radius 3 is 2.90 bits per heavy atom. The van der Waals surface area contributed by atoms with Gasteiger partial charge in [-0.3, -0.25) is 14.3 Å². The summed E-state index contributed by atoms with van der Waals surface area (Å²) in [5.41, 5.74) is 2.08. The first-order valence-corrected chi connectivity index (χ1v) is 10.4. The van der Waals surface area contributed by atoms with E-state index in [1.54, 1.807) is 23.7 Å². The molecular formula is C20H33N5O4. The van der Waals surface area contributed by atoms with Gasteiger partial charge < -0.3 is 15.3 Å². The van der Waals surface area contributed by atoms with Crippen molar-refractivity contribution in [3.63, 3.8) is 0 Å². The van der Waals surface area contributed by atoms with Gasteiger partial charge in [0.2, 0.25) is 0 Å². The van der Waals surface area contributed by atoms with Crippen LogP contribution in [0.2, 0.25) is 0 Å². The van der Waals surface area contributed by atoms with Crippen molar-refractivity contribution in [3.8, 4) is 0 Å². The number of rotatable bonds is 7. The van der Waals surface area contributed by atoms with Gasteiger partial charge in [0.1, 0.15) is 11.8 Å². The maximum Gasteiger partial charge on any atom is 0.317 e. The molecule has 1 saturated carbocycles. The molecule has 3 rings (SSSR count). The van der Waals surface area contributed by atoms with Gasteiger partial charge >= 0.3 is 6.03 Å². The molecule has 1 aliphatic heterocycles. The summed E-state index contributed by atoms with van der Waals surface area (Å²) in [5.74, 6) is 0.644. The van der Waals surface area contributed by atoms with E-state index >= 15 is 0 Å². The molecule has 29 heavy (non-hydrogen) atoms. The maximum atomic E-state index is 12.8. The third kappa shape index (κ3) is 5.34. The Morgan fingerprint density at radius 2 is 2.24 bits per heavy atom. The third-order valence-electron chi connectivity index (χ3n) is 5.75. The number of nitrogens with one attached hydrogen (secondary N) is 1. The van der Waals surface area contributed by atoms with E-state index in [0.29, 0.717) is 31.1 Å². The number of nitrogens with zero attached hydrogens (tertiary/aromatic N) is 4. The first-order chi connectivity index (χ1) is 13.9. The standard InChI is InChI=1S/C20H33N5O4/c1-14-5-4-6-15(9-14)21-20(28)24-8-7-18-17(11-24)19(13-27)25(22-18)10-16(12-26)29-23(2)3/h13-16,26H,4-12H2,1-3H3,(H,21,28). The van der Waals surface area contributed by atoms with Crippen LogP contribution in [-0.2, 0) is 24.3 Å². The fourth-order valence-corrected chi connectivity index (χ4v) is 4.34. The Balaban J connectivity index is 1.68. The Labute approximate surface area is 171 Å². The quantitative estimate of drug-likeness (QED) is 0.520. The number of hydrogen-bond acceptors (Lipinski definition) is 6. The summed E-state index contributed by atoms with van der Waals surface area (Å²) in [6, 6.07) is 0.165. The molecule has 9 heteroatoms. The summed E-state index contributed by atoms with van der Waals surface area (Å²) in [6.45, 7) is 3.26. The topological polar surface area (TPSA) is 99.9 Å². The number of aliphatic hydroxyl groups is 1. The van der Waals surface area contributed by atoms with Crippen molar-refractivity contribution >= 4 is 12.3 Å². The van der Waals surface area contributed by atoms with Gasteiger partial charge in [0, 0.05) is 38.7 Å². The largest absolute Gasteiger partial charge is 0.394 e. The number of urea groups is 1. The number of fused-ring (bicyclic) bond motifs is 1. The van der Waals surface area contributed by atoms with E-state index in [2.05, 4.69) is 17.3 Å². The van der Waals surface area contributed by atoms with Crippen LogP contribution in [-0.4, -0.2) is 76.6 Å². The van der Waals surface area contributed by atoms with Gasteiger partial charge in [-0.05, 0) is 18.8 Å². The Kier molecular flexibility index (Phi) is 7.26. The molecule has 2 N–H and O–H groups in total. The second-order valence-electron chi connectivity index (χ2n) is 8.42. The lowest BCUT2D eigenvalue weighted by Gasteiger charge is -2.32. The Bertz CT molecular complexity index is 720. The average molecular weight is 408 g/mol. The Morgan fingerprint density at radius 1 is 1.45 bits per heavy atom. The maximum absolute atomic E-state index is 12.8. The normalized spacial score (nSPS) is 23.0. The van der Waals surface area contributed by atoms with Gasteiger partial charge in [-0.15, -0.1) is 0 Å². The number of aliphatic hydroxyl groups excluding tert-OH is 1. The zero-order chi connectivity index (χ0) is 21.0. The van der Waals surface area contributed by atoms with Gasteiger partial charge in [-0.1, -0.05) is 19.8 Å². The number of amides is 2. The molecular weight excluding hydrogens is 374 g/mol. The lowest BCUT2D eigenvalue weighted by Crippen LogP contribution is -2.47. The minimum Gasteiger partial charge on any atom is -0.394 e. The van der Waals surface area contributed by atoms with E-state index in [-0.39, 0.29) is 25.2 Å². The van der Waals surface area contributed by atoms with Crippen molar-refractivity contribution in [2.75, 3.05) is 27.2 Å². The number of hydroxylamine groups is 2. The minimum absolute atomic E-state index is 0.0662. The van der Waals surface area contributed by atoms with Crippen LogP contribution in [0.25, 0.3) is 0 Å². The molecule has 2 aliphatic rings. The van der Waals surface area contributed by atoms with Crippen molar-refractivity contribution in [2.45, 2.75) is 64.3 Å². The second kappa shape index (κ2) is 9.69. The lowest BCUT2D eigenvalue weighted by molar-refractivity contribution is -0.180. The van der Waals surface area contributed by atoms with E-state index in [0.717, 1.165) is 36.8 Å². The molecule has 3 unspecified atom stereocenters. The number of aromatic nitrogens is 2. The molecule has 2 amide bonds. The van der Waals surface area contributed by atoms with Crippen molar-refractivity contribution < 1.29 is 19.5 Å². The summed E-state index contributed by atoms with van der Waals surface area (Å²) in [6.07, 6.45) is 5.32. The zero-order valence-corrected chi connectivity index (χ0v) is 17.6. The van der Waals surface area contributed by atoms with Crippen molar-refractivity contribution in [1.82, 2.24) is 25.1 Å². The SMILES string of the molecule is CC1CCCC(NC(=O)N2CCc3nn(CC(CO)ON(C)C)c(C=O)c3C2)C1. The summed E-state index contributed by atoms with van der Waals surface area (Å²) in [4.78, 5) is 31.8.